The minimum atomic E-state index is -1.64. The minimum absolute atomic E-state index is 0.147. The van der Waals surface area contributed by atoms with Gasteiger partial charge in [0.25, 0.3) is 0 Å². The van der Waals surface area contributed by atoms with Gasteiger partial charge in [0, 0.05) is 23.6 Å². The first-order chi connectivity index (χ1) is 12.3. The largest absolute Gasteiger partial charge is 0.465 e. The van der Waals surface area contributed by atoms with Gasteiger partial charge in [0.2, 0.25) is 0 Å². The monoisotopic (exact) mass is 396 g/mol. The summed E-state index contributed by atoms with van der Waals surface area (Å²) in [5, 5.41) is 2.17. The quantitative estimate of drug-likeness (QED) is 0.554. The number of nitrogens with zero attached hydrogens (tertiary/aromatic N) is 2. The molecule has 0 spiro atoms. The summed E-state index contributed by atoms with van der Waals surface area (Å²) in [5.41, 5.74) is -0.702. The molecule has 0 radical (unpaired) electrons. The van der Waals surface area contributed by atoms with Gasteiger partial charge in [-0.05, 0) is 38.5 Å². The van der Waals surface area contributed by atoms with Crippen LogP contribution in [0.1, 0.15) is 26.3 Å². The number of carbonyl (C=O) groups excluding carboxylic acids is 2. The van der Waals surface area contributed by atoms with Gasteiger partial charge < -0.3 is 14.0 Å². The number of esters is 2. The smallest absolute Gasteiger partial charge is 0.327 e. The number of hydrogen-bond donors (Lipinski definition) is 0. The molecule has 2 aromatic rings. The van der Waals surface area contributed by atoms with Crippen molar-refractivity contribution >= 4 is 40.6 Å². The fourth-order valence-electron chi connectivity index (χ4n) is 2.38. The van der Waals surface area contributed by atoms with Crippen LogP contribution in [0.15, 0.2) is 34.8 Å². The molecule has 0 saturated carbocycles. The van der Waals surface area contributed by atoms with Gasteiger partial charge in [-0.1, -0.05) is 17.7 Å². The first-order valence-corrected chi connectivity index (χ1v) is 9.39. The Kier molecular flexibility index (Phi) is 6.61. The average Bonchev–Trinajstić information content (AvgIpc) is 2.99. The Balaban J connectivity index is 2.51. The van der Waals surface area contributed by atoms with Gasteiger partial charge in [0.15, 0.2) is 10.2 Å². The van der Waals surface area contributed by atoms with E-state index in [9.17, 15) is 9.59 Å². The second-order valence-electron chi connectivity index (χ2n) is 5.64. The maximum Gasteiger partial charge on any atom is 0.327 e. The van der Waals surface area contributed by atoms with E-state index in [4.69, 9.17) is 21.1 Å². The van der Waals surface area contributed by atoms with Crippen LogP contribution in [0.5, 0.6) is 0 Å². The van der Waals surface area contributed by atoms with Crippen LogP contribution in [0.2, 0.25) is 5.02 Å². The molecule has 0 amide bonds. The molecule has 140 valence electrons. The summed E-state index contributed by atoms with van der Waals surface area (Å²) in [7, 11) is 1.89. The van der Waals surface area contributed by atoms with Crippen molar-refractivity contribution in [3.8, 4) is 0 Å². The predicted molar refractivity (Wildman–Crippen MR) is 101 cm³/mol. The lowest BCUT2D eigenvalue weighted by molar-refractivity contribution is -0.163. The number of aryl methyl sites for hydroxylation is 1. The summed E-state index contributed by atoms with van der Waals surface area (Å²) >= 11 is 7.89. The average molecular weight is 397 g/mol. The van der Waals surface area contributed by atoms with Gasteiger partial charge >= 0.3 is 11.9 Å². The van der Waals surface area contributed by atoms with Gasteiger partial charge in [-0.15, -0.1) is 11.3 Å². The number of thiazole rings is 1. The van der Waals surface area contributed by atoms with E-state index in [1.54, 1.807) is 32.0 Å². The molecule has 6 nitrogen and oxygen atoms in total. The van der Waals surface area contributed by atoms with Crippen molar-refractivity contribution in [3.63, 3.8) is 0 Å². The molecule has 2 rings (SSSR count). The number of ether oxygens (including phenoxy) is 2. The van der Waals surface area contributed by atoms with Gasteiger partial charge in [0.05, 0.1) is 18.9 Å². The third-order valence-corrected chi connectivity index (χ3v) is 5.00. The lowest BCUT2D eigenvalue weighted by atomic mass is 9.82. The highest BCUT2D eigenvalue weighted by Gasteiger charge is 2.47. The highest BCUT2D eigenvalue weighted by Crippen LogP contribution is 2.35. The molecule has 0 fully saturated rings. The van der Waals surface area contributed by atoms with Crippen LogP contribution in [0, 0.1) is 0 Å². The second kappa shape index (κ2) is 8.51. The van der Waals surface area contributed by atoms with Crippen LogP contribution >= 0.6 is 22.9 Å². The van der Waals surface area contributed by atoms with E-state index in [-0.39, 0.29) is 18.2 Å². The van der Waals surface area contributed by atoms with Crippen LogP contribution in [0.3, 0.4) is 0 Å². The van der Waals surface area contributed by atoms with E-state index in [2.05, 4.69) is 4.99 Å². The molecule has 0 bridgehead atoms. The molecular formula is C18H21ClN2O4S. The van der Waals surface area contributed by atoms with Crippen molar-refractivity contribution in [1.29, 1.82) is 0 Å². The standard InChI is InChI=1S/C18H21ClN2O4S/c1-5-24-15(22)18(3,16(23)25-6-2)13-8-7-12(11-14(13)19)20-17-21(4)9-10-26-17/h7-11H,5-6H2,1-4H3/b20-17-. The minimum Gasteiger partial charge on any atom is -0.465 e. The van der Waals surface area contributed by atoms with Crippen LogP contribution < -0.4 is 4.80 Å². The molecule has 1 aromatic carbocycles. The van der Waals surface area contributed by atoms with Crippen LogP contribution in [-0.4, -0.2) is 29.7 Å². The van der Waals surface area contributed by atoms with E-state index < -0.39 is 17.4 Å². The molecule has 26 heavy (non-hydrogen) atoms. The normalized spacial score (nSPS) is 12.1. The number of aromatic nitrogens is 1. The fraction of sp³-hybridized carbons (Fsp3) is 0.389. The zero-order valence-corrected chi connectivity index (χ0v) is 16.7. The number of carbonyl (C=O) groups is 2. The lowest BCUT2D eigenvalue weighted by Crippen LogP contribution is -2.43. The third kappa shape index (κ3) is 3.99. The fourth-order valence-corrected chi connectivity index (χ4v) is 3.49. The summed E-state index contributed by atoms with van der Waals surface area (Å²) in [6, 6.07) is 4.94. The molecular weight excluding hydrogens is 376 g/mol. The lowest BCUT2D eigenvalue weighted by Gasteiger charge is -2.26. The van der Waals surface area contributed by atoms with Gasteiger partial charge in [-0.25, -0.2) is 4.99 Å². The van der Waals surface area contributed by atoms with Crippen LogP contribution in [0.25, 0.3) is 0 Å². The third-order valence-electron chi connectivity index (χ3n) is 3.84. The maximum atomic E-state index is 12.5. The maximum absolute atomic E-state index is 12.5. The van der Waals surface area contributed by atoms with Gasteiger partial charge in [-0.3, -0.25) is 9.59 Å². The Morgan fingerprint density at radius 2 is 1.85 bits per heavy atom. The van der Waals surface area contributed by atoms with Crippen LogP contribution in [0.4, 0.5) is 5.69 Å². The van der Waals surface area contributed by atoms with E-state index in [1.165, 1.54) is 18.3 Å². The van der Waals surface area contributed by atoms with Gasteiger partial charge in [-0.2, -0.15) is 0 Å². The molecule has 0 saturated heterocycles. The SMILES string of the molecule is CCOC(=O)C(C)(C(=O)OCC)c1ccc(/N=c2\sccn2C)cc1Cl. The molecule has 0 aliphatic rings. The van der Waals surface area contributed by atoms with Crippen molar-refractivity contribution in [1.82, 2.24) is 4.57 Å². The summed E-state index contributed by atoms with van der Waals surface area (Å²) in [6.07, 6.45) is 1.90. The zero-order chi connectivity index (χ0) is 19.3. The molecule has 0 aliphatic heterocycles. The molecule has 1 heterocycles. The van der Waals surface area contributed by atoms with E-state index in [0.29, 0.717) is 11.3 Å². The van der Waals surface area contributed by atoms with Crippen molar-refractivity contribution in [2.45, 2.75) is 26.2 Å². The summed E-state index contributed by atoms with van der Waals surface area (Å²) in [6.45, 7) is 5.10. The Labute approximate surface area is 161 Å². The summed E-state index contributed by atoms with van der Waals surface area (Å²) < 4.78 is 12.1. The van der Waals surface area contributed by atoms with Crippen molar-refractivity contribution < 1.29 is 19.1 Å². The first kappa shape index (κ1) is 20.2. The highest BCUT2D eigenvalue weighted by atomic mass is 35.5. The number of halogens is 1. The van der Waals surface area contributed by atoms with E-state index >= 15 is 0 Å². The topological polar surface area (TPSA) is 69.9 Å². The van der Waals surface area contributed by atoms with Crippen molar-refractivity contribution in [2.75, 3.05) is 13.2 Å². The zero-order valence-electron chi connectivity index (χ0n) is 15.1. The molecule has 0 atom stereocenters. The van der Waals surface area contributed by atoms with Crippen molar-refractivity contribution in [2.24, 2.45) is 12.0 Å². The predicted octanol–water partition coefficient (Wildman–Crippen LogP) is 3.36. The molecule has 8 heteroatoms. The summed E-state index contributed by atoms with van der Waals surface area (Å²) in [5.74, 6) is -1.40. The molecule has 0 aliphatic carbocycles. The Morgan fingerprint density at radius 3 is 2.31 bits per heavy atom. The Bertz CT molecular complexity index is 854. The molecule has 1 aromatic heterocycles. The second-order valence-corrected chi connectivity index (χ2v) is 6.92. The molecule has 0 N–H and O–H groups in total. The van der Waals surface area contributed by atoms with Crippen molar-refractivity contribution in [3.05, 3.63) is 45.2 Å². The summed E-state index contributed by atoms with van der Waals surface area (Å²) in [4.78, 5) is 30.3. The number of benzene rings is 1. The first-order valence-electron chi connectivity index (χ1n) is 8.13. The van der Waals surface area contributed by atoms with Crippen LogP contribution in [-0.2, 0) is 31.5 Å². The number of hydrogen-bond acceptors (Lipinski definition) is 6. The molecule has 0 unspecified atom stereocenters. The van der Waals surface area contributed by atoms with E-state index in [0.717, 1.165) is 4.80 Å². The Morgan fingerprint density at radius 1 is 1.23 bits per heavy atom. The Hall–Kier alpha value is -2.12. The van der Waals surface area contributed by atoms with E-state index in [1.807, 2.05) is 23.2 Å². The highest BCUT2D eigenvalue weighted by molar-refractivity contribution is 7.07. The van der Waals surface area contributed by atoms with Gasteiger partial charge in [0.1, 0.15) is 0 Å². The number of rotatable bonds is 6.